The lowest BCUT2D eigenvalue weighted by Crippen LogP contribution is -2.32. The predicted octanol–water partition coefficient (Wildman–Crippen LogP) is 3.35. The van der Waals surface area contributed by atoms with Crippen molar-refractivity contribution in [2.45, 2.75) is 37.8 Å². The van der Waals surface area contributed by atoms with E-state index in [0.29, 0.717) is 23.6 Å². The molecular weight excluding hydrogens is 360 g/mol. The van der Waals surface area contributed by atoms with Gasteiger partial charge in [-0.2, -0.15) is 0 Å². The molecule has 1 atom stereocenters. The van der Waals surface area contributed by atoms with E-state index in [-0.39, 0.29) is 16.8 Å². The van der Waals surface area contributed by atoms with Gasteiger partial charge in [0.25, 0.3) is 5.91 Å². The lowest BCUT2D eigenvalue weighted by atomic mass is 10.2. The Morgan fingerprint density at radius 2 is 1.84 bits per heavy atom. The number of carbonyl (C=O) groups excluding carboxylic acids is 1. The zero-order chi connectivity index (χ0) is 18.4. The van der Waals surface area contributed by atoms with Crippen molar-refractivity contribution in [3.63, 3.8) is 0 Å². The van der Waals surface area contributed by atoms with Gasteiger partial charge in [-0.05, 0) is 55.3 Å². The van der Waals surface area contributed by atoms with Gasteiger partial charge in [-0.15, -0.1) is 0 Å². The smallest absolute Gasteiger partial charge is 0.251 e. The van der Waals surface area contributed by atoms with Crippen molar-refractivity contribution in [2.24, 2.45) is 0 Å². The fraction of sp³-hybridized carbons (Fsp3) is 0.278. The average Bonchev–Trinajstić information content (AvgIpc) is 2.59. The summed E-state index contributed by atoms with van der Waals surface area (Å²) < 4.78 is 27.0. The number of sulfonamides is 1. The van der Waals surface area contributed by atoms with Crippen LogP contribution < -0.4 is 10.0 Å². The highest BCUT2D eigenvalue weighted by Crippen LogP contribution is 2.13. The Hall–Kier alpha value is -1.89. The molecule has 7 heteroatoms. The summed E-state index contributed by atoms with van der Waals surface area (Å²) in [6, 6.07) is 12.9. The highest BCUT2D eigenvalue weighted by Gasteiger charge is 2.17. The van der Waals surface area contributed by atoms with E-state index >= 15 is 0 Å². The van der Waals surface area contributed by atoms with Gasteiger partial charge in [-0.25, -0.2) is 13.1 Å². The summed E-state index contributed by atoms with van der Waals surface area (Å²) in [5.41, 5.74) is 1.28. The van der Waals surface area contributed by atoms with Gasteiger partial charge in [0, 0.05) is 23.2 Å². The molecule has 1 amide bonds. The van der Waals surface area contributed by atoms with Crippen LogP contribution >= 0.6 is 11.6 Å². The normalized spacial score (nSPS) is 12.6. The van der Waals surface area contributed by atoms with Crippen LogP contribution in [0.2, 0.25) is 5.02 Å². The largest absolute Gasteiger partial charge is 0.348 e. The molecule has 25 heavy (non-hydrogen) atoms. The maximum Gasteiger partial charge on any atom is 0.251 e. The van der Waals surface area contributed by atoms with Gasteiger partial charge in [0.15, 0.2) is 0 Å². The predicted molar refractivity (Wildman–Crippen MR) is 99.1 cm³/mol. The molecule has 2 rings (SSSR count). The number of carbonyl (C=O) groups is 1. The summed E-state index contributed by atoms with van der Waals surface area (Å²) in [6.07, 6.45) is 0.698. The summed E-state index contributed by atoms with van der Waals surface area (Å²) >= 11 is 5.91. The highest BCUT2D eigenvalue weighted by molar-refractivity contribution is 7.89. The minimum absolute atomic E-state index is 0.138. The zero-order valence-corrected chi connectivity index (χ0v) is 15.7. The molecular formula is C18H21ClN2O3S. The van der Waals surface area contributed by atoms with E-state index in [1.807, 2.05) is 19.1 Å². The topological polar surface area (TPSA) is 75.3 Å². The molecule has 0 spiro atoms. The minimum atomic E-state index is -3.57. The molecule has 0 aliphatic heterocycles. The Balaban J connectivity index is 2.02. The van der Waals surface area contributed by atoms with Crippen LogP contribution in [0.25, 0.3) is 0 Å². The number of rotatable bonds is 7. The van der Waals surface area contributed by atoms with E-state index < -0.39 is 10.0 Å². The van der Waals surface area contributed by atoms with E-state index in [1.165, 1.54) is 24.3 Å². The molecule has 0 aromatic heterocycles. The first-order chi connectivity index (χ1) is 11.8. The monoisotopic (exact) mass is 380 g/mol. The molecule has 2 aromatic rings. The van der Waals surface area contributed by atoms with Gasteiger partial charge in [0.2, 0.25) is 10.0 Å². The first-order valence-electron chi connectivity index (χ1n) is 7.97. The van der Waals surface area contributed by atoms with Crippen LogP contribution in [0.4, 0.5) is 0 Å². The van der Waals surface area contributed by atoms with Crippen molar-refractivity contribution in [1.82, 2.24) is 10.0 Å². The van der Waals surface area contributed by atoms with Crippen LogP contribution in [0.1, 0.15) is 36.2 Å². The lowest BCUT2D eigenvalue weighted by molar-refractivity contribution is 0.0951. The summed E-state index contributed by atoms with van der Waals surface area (Å²) in [5.74, 6) is -0.279. The molecule has 0 bridgehead atoms. The molecule has 5 nitrogen and oxygen atoms in total. The van der Waals surface area contributed by atoms with Crippen LogP contribution in [0, 0.1) is 0 Å². The molecule has 0 aliphatic carbocycles. The van der Waals surface area contributed by atoms with Gasteiger partial charge in [0.1, 0.15) is 0 Å². The molecule has 0 saturated heterocycles. The van der Waals surface area contributed by atoms with Crippen molar-refractivity contribution in [3.05, 3.63) is 64.7 Å². The van der Waals surface area contributed by atoms with Gasteiger partial charge in [-0.1, -0.05) is 30.7 Å². The second-order valence-corrected chi connectivity index (χ2v) is 7.92. The molecule has 2 N–H and O–H groups in total. The fourth-order valence-electron chi connectivity index (χ4n) is 2.13. The molecule has 0 saturated carbocycles. The minimum Gasteiger partial charge on any atom is -0.348 e. The van der Waals surface area contributed by atoms with Crippen molar-refractivity contribution in [2.75, 3.05) is 0 Å². The standard InChI is InChI=1S/C18H21ClN2O3S/c1-3-13(2)21-25(23,24)17-9-7-15(8-10-17)18(22)20-12-14-5-4-6-16(19)11-14/h4-11,13,21H,3,12H2,1-2H3,(H,20,22). The van der Waals surface area contributed by atoms with E-state index in [9.17, 15) is 13.2 Å². The number of nitrogens with one attached hydrogen (secondary N) is 2. The first-order valence-corrected chi connectivity index (χ1v) is 9.83. The highest BCUT2D eigenvalue weighted by atomic mass is 35.5. The third kappa shape index (κ3) is 5.56. The Labute approximate surface area is 153 Å². The van der Waals surface area contributed by atoms with Crippen molar-refractivity contribution < 1.29 is 13.2 Å². The maximum absolute atomic E-state index is 12.2. The summed E-state index contributed by atoms with van der Waals surface area (Å²) in [5, 5.41) is 3.39. The maximum atomic E-state index is 12.2. The van der Waals surface area contributed by atoms with Gasteiger partial charge in [-0.3, -0.25) is 4.79 Å². The Morgan fingerprint density at radius 1 is 1.16 bits per heavy atom. The molecule has 0 aliphatic rings. The summed E-state index contributed by atoms with van der Waals surface area (Å²) in [6.45, 7) is 4.05. The van der Waals surface area contributed by atoms with Crippen LogP contribution in [-0.4, -0.2) is 20.4 Å². The lowest BCUT2D eigenvalue weighted by Gasteiger charge is -2.12. The Morgan fingerprint density at radius 3 is 2.44 bits per heavy atom. The summed E-state index contributed by atoms with van der Waals surface area (Å²) in [7, 11) is -3.57. The first kappa shape index (κ1) is 19.4. The number of hydrogen-bond donors (Lipinski definition) is 2. The molecule has 0 fully saturated rings. The van der Waals surface area contributed by atoms with Gasteiger partial charge >= 0.3 is 0 Å². The molecule has 1 unspecified atom stereocenters. The molecule has 2 aromatic carbocycles. The fourth-order valence-corrected chi connectivity index (χ4v) is 3.67. The summed E-state index contributed by atoms with van der Waals surface area (Å²) in [4.78, 5) is 12.3. The third-order valence-corrected chi connectivity index (χ3v) is 5.58. The Kier molecular flexibility index (Phi) is 6.58. The van der Waals surface area contributed by atoms with E-state index in [2.05, 4.69) is 10.0 Å². The molecule has 134 valence electrons. The zero-order valence-electron chi connectivity index (χ0n) is 14.1. The second kappa shape index (κ2) is 8.47. The van der Waals surface area contributed by atoms with Crippen molar-refractivity contribution >= 4 is 27.5 Å². The Bertz CT molecular complexity index is 836. The number of hydrogen-bond acceptors (Lipinski definition) is 3. The van der Waals surface area contributed by atoms with E-state index in [1.54, 1.807) is 19.1 Å². The SMILES string of the molecule is CCC(C)NS(=O)(=O)c1ccc(C(=O)NCc2cccc(Cl)c2)cc1. The van der Waals surface area contributed by atoms with Gasteiger partial charge in [0.05, 0.1) is 4.90 Å². The number of amides is 1. The second-order valence-electron chi connectivity index (χ2n) is 5.77. The molecule has 0 heterocycles. The van der Waals surface area contributed by atoms with E-state index in [4.69, 9.17) is 11.6 Å². The molecule has 0 radical (unpaired) electrons. The van der Waals surface area contributed by atoms with E-state index in [0.717, 1.165) is 5.56 Å². The van der Waals surface area contributed by atoms with Crippen LogP contribution in [0.3, 0.4) is 0 Å². The van der Waals surface area contributed by atoms with Crippen LogP contribution in [-0.2, 0) is 16.6 Å². The number of benzene rings is 2. The van der Waals surface area contributed by atoms with Crippen molar-refractivity contribution in [3.8, 4) is 0 Å². The quantitative estimate of drug-likeness (QED) is 0.773. The third-order valence-electron chi connectivity index (χ3n) is 3.74. The average molecular weight is 381 g/mol. The van der Waals surface area contributed by atoms with Gasteiger partial charge < -0.3 is 5.32 Å². The van der Waals surface area contributed by atoms with Crippen LogP contribution in [0.15, 0.2) is 53.4 Å². The number of halogens is 1. The van der Waals surface area contributed by atoms with Crippen molar-refractivity contribution in [1.29, 1.82) is 0 Å². The van der Waals surface area contributed by atoms with Crippen LogP contribution in [0.5, 0.6) is 0 Å².